The molecule has 0 aliphatic heterocycles. The second-order valence-corrected chi connectivity index (χ2v) is 7.01. The molecule has 4 fully saturated rings. The third-order valence-electron chi connectivity index (χ3n) is 5.58. The van der Waals surface area contributed by atoms with Gasteiger partial charge >= 0.3 is 0 Å². The van der Waals surface area contributed by atoms with E-state index in [1.165, 1.54) is 25.7 Å². The van der Waals surface area contributed by atoms with Crippen molar-refractivity contribution < 1.29 is 0 Å². The van der Waals surface area contributed by atoms with Gasteiger partial charge in [-0.1, -0.05) is 23.8 Å². The first-order valence-corrected chi connectivity index (χ1v) is 7.41. The minimum atomic E-state index is 0.540. The third-order valence-corrected chi connectivity index (χ3v) is 5.58. The van der Waals surface area contributed by atoms with E-state index in [0.29, 0.717) is 5.54 Å². The number of allylic oxidation sites excluding steroid dienone is 3. The zero-order valence-electron chi connectivity index (χ0n) is 10.6. The molecule has 5 rings (SSSR count). The summed E-state index contributed by atoms with van der Waals surface area (Å²) in [6.45, 7) is 1.14. The minimum absolute atomic E-state index is 0.540. The van der Waals surface area contributed by atoms with Gasteiger partial charge in [-0.05, 0) is 62.7 Å². The molecule has 0 radical (unpaired) electrons. The van der Waals surface area contributed by atoms with Crippen LogP contribution < -0.4 is 5.32 Å². The lowest BCUT2D eigenvalue weighted by Crippen LogP contribution is -2.58. The summed E-state index contributed by atoms with van der Waals surface area (Å²) in [5.41, 5.74) is 2.12. The van der Waals surface area contributed by atoms with Crippen LogP contribution >= 0.6 is 0 Å². The summed E-state index contributed by atoms with van der Waals surface area (Å²) in [7, 11) is 0. The molecule has 0 amide bonds. The van der Waals surface area contributed by atoms with Crippen LogP contribution in [-0.4, -0.2) is 12.1 Å². The van der Waals surface area contributed by atoms with E-state index in [1.54, 1.807) is 24.8 Å². The summed E-state index contributed by atoms with van der Waals surface area (Å²) in [5, 5.41) is 3.96. The molecule has 1 N–H and O–H groups in total. The van der Waals surface area contributed by atoms with Gasteiger partial charge < -0.3 is 5.32 Å². The molecule has 0 aromatic heterocycles. The van der Waals surface area contributed by atoms with E-state index in [2.05, 4.69) is 23.5 Å². The van der Waals surface area contributed by atoms with Crippen molar-refractivity contribution in [2.45, 2.75) is 50.5 Å². The number of hydrogen-bond acceptors (Lipinski definition) is 1. The van der Waals surface area contributed by atoms with Crippen LogP contribution in [0, 0.1) is 17.8 Å². The first-order valence-electron chi connectivity index (χ1n) is 7.41. The van der Waals surface area contributed by atoms with Gasteiger partial charge in [0.1, 0.15) is 0 Å². The fraction of sp³-hybridized carbons (Fsp3) is 0.750. The molecule has 92 valence electrons. The Labute approximate surface area is 104 Å². The van der Waals surface area contributed by atoms with Gasteiger partial charge in [-0.25, -0.2) is 0 Å². The molecule has 1 heteroatoms. The zero-order chi connectivity index (χ0) is 11.3. The van der Waals surface area contributed by atoms with Gasteiger partial charge in [0.15, 0.2) is 0 Å². The van der Waals surface area contributed by atoms with Crippen LogP contribution in [0.4, 0.5) is 0 Å². The predicted molar refractivity (Wildman–Crippen MR) is 70.7 cm³/mol. The van der Waals surface area contributed by atoms with Crippen molar-refractivity contribution in [3.8, 4) is 0 Å². The second-order valence-electron chi connectivity index (χ2n) is 7.01. The highest BCUT2D eigenvalue weighted by molar-refractivity contribution is 5.24. The van der Waals surface area contributed by atoms with Gasteiger partial charge in [0.25, 0.3) is 0 Å². The van der Waals surface area contributed by atoms with Crippen LogP contribution in [-0.2, 0) is 0 Å². The van der Waals surface area contributed by atoms with Crippen LogP contribution in [0.2, 0.25) is 0 Å². The first-order chi connectivity index (χ1) is 8.31. The summed E-state index contributed by atoms with van der Waals surface area (Å²) < 4.78 is 0. The van der Waals surface area contributed by atoms with Gasteiger partial charge in [-0.2, -0.15) is 0 Å². The number of hydrogen-bond donors (Lipinski definition) is 1. The van der Waals surface area contributed by atoms with Gasteiger partial charge in [0, 0.05) is 12.1 Å². The molecule has 0 unspecified atom stereocenters. The summed E-state index contributed by atoms with van der Waals surface area (Å²) >= 11 is 0. The van der Waals surface area contributed by atoms with E-state index in [4.69, 9.17) is 0 Å². The fourth-order valence-corrected chi connectivity index (χ4v) is 5.25. The van der Waals surface area contributed by atoms with E-state index in [9.17, 15) is 0 Å². The van der Waals surface area contributed by atoms with Crippen molar-refractivity contribution in [3.63, 3.8) is 0 Å². The largest absolute Gasteiger partial charge is 0.307 e. The summed E-state index contributed by atoms with van der Waals surface area (Å²) in [6.07, 6.45) is 17.0. The van der Waals surface area contributed by atoms with Crippen molar-refractivity contribution in [2.75, 3.05) is 6.54 Å². The molecule has 1 nitrogen and oxygen atoms in total. The summed E-state index contributed by atoms with van der Waals surface area (Å²) in [5.74, 6) is 3.18. The number of nitrogens with one attached hydrogen (secondary N) is 1. The van der Waals surface area contributed by atoms with Crippen LogP contribution in [0.15, 0.2) is 23.8 Å². The van der Waals surface area contributed by atoms with Crippen LogP contribution in [0.1, 0.15) is 44.9 Å². The Hall–Kier alpha value is -0.560. The van der Waals surface area contributed by atoms with E-state index in [1.807, 2.05) is 0 Å². The summed E-state index contributed by atoms with van der Waals surface area (Å²) in [4.78, 5) is 0. The second kappa shape index (κ2) is 3.71. The average Bonchev–Trinajstić information content (AvgIpc) is 2.77. The van der Waals surface area contributed by atoms with E-state index in [-0.39, 0.29) is 0 Å². The molecule has 0 heterocycles. The van der Waals surface area contributed by atoms with Crippen molar-refractivity contribution in [3.05, 3.63) is 23.8 Å². The van der Waals surface area contributed by atoms with Crippen LogP contribution in [0.5, 0.6) is 0 Å². The van der Waals surface area contributed by atoms with E-state index < -0.39 is 0 Å². The van der Waals surface area contributed by atoms with Crippen molar-refractivity contribution in [2.24, 2.45) is 17.8 Å². The molecule has 4 saturated carbocycles. The maximum Gasteiger partial charge on any atom is 0.0192 e. The Balaban J connectivity index is 1.45. The highest BCUT2D eigenvalue weighted by Crippen LogP contribution is 2.55. The lowest BCUT2D eigenvalue weighted by Gasteiger charge is -2.57. The van der Waals surface area contributed by atoms with Crippen LogP contribution in [0.3, 0.4) is 0 Å². The predicted octanol–water partition coefficient (Wildman–Crippen LogP) is 3.43. The molecule has 5 aliphatic rings. The molecule has 4 bridgehead atoms. The highest BCUT2D eigenvalue weighted by atomic mass is 15.0. The molecular weight excluding hydrogens is 206 g/mol. The molecule has 0 aromatic carbocycles. The fourth-order valence-electron chi connectivity index (χ4n) is 5.25. The average molecular weight is 229 g/mol. The maximum absolute atomic E-state index is 3.96. The molecular formula is C16H23N. The third kappa shape index (κ3) is 1.79. The molecule has 0 saturated heterocycles. The lowest BCUT2D eigenvalue weighted by atomic mass is 9.53. The number of rotatable bonds is 3. The lowest BCUT2D eigenvalue weighted by molar-refractivity contribution is -0.0182. The van der Waals surface area contributed by atoms with E-state index in [0.717, 1.165) is 24.3 Å². The Bertz CT molecular complexity index is 342. The minimum Gasteiger partial charge on any atom is -0.307 e. The molecule has 17 heavy (non-hydrogen) atoms. The Morgan fingerprint density at radius 3 is 2.24 bits per heavy atom. The van der Waals surface area contributed by atoms with Gasteiger partial charge in [-0.15, -0.1) is 0 Å². The SMILES string of the molecule is C1=CCC(CNC23CC4CC(CC(C4)C2)C3)=C1. The molecule has 0 atom stereocenters. The maximum atomic E-state index is 3.96. The normalized spacial score (nSPS) is 46.6. The van der Waals surface area contributed by atoms with Gasteiger partial charge in [0.05, 0.1) is 0 Å². The first kappa shape index (κ1) is 10.4. The van der Waals surface area contributed by atoms with Crippen molar-refractivity contribution in [1.82, 2.24) is 5.32 Å². The monoisotopic (exact) mass is 229 g/mol. The topological polar surface area (TPSA) is 12.0 Å². The van der Waals surface area contributed by atoms with Gasteiger partial charge in [0.2, 0.25) is 0 Å². The Kier molecular flexibility index (Phi) is 2.27. The smallest absolute Gasteiger partial charge is 0.0192 e. The Morgan fingerprint density at radius 2 is 1.71 bits per heavy atom. The molecule has 0 aromatic rings. The van der Waals surface area contributed by atoms with Crippen LogP contribution in [0.25, 0.3) is 0 Å². The highest BCUT2D eigenvalue weighted by Gasteiger charge is 2.50. The summed E-state index contributed by atoms with van der Waals surface area (Å²) in [6, 6.07) is 0. The quantitative estimate of drug-likeness (QED) is 0.782. The molecule has 0 spiro atoms. The standard InChI is InChI=1S/C16H23N/c1-2-4-12(3-1)11-17-16-8-13-5-14(9-16)7-15(6-13)10-16/h1-3,13-15,17H,4-11H2. The Morgan fingerprint density at radius 1 is 1.06 bits per heavy atom. The van der Waals surface area contributed by atoms with Crippen molar-refractivity contribution >= 4 is 0 Å². The van der Waals surface area contributed by atoms with E-state index >= 15 is 0 Å². The zero-order valence-corrected chi connectivity index (χ0v) is 10.6. The van der Waals surface area contributed by atoms with Gasteiger partial charge in [-0.3, -0.25) is 0 Å². The molecule has 5 aliphatic carbocycles. The van der Waals surface area contributed by atoms with Crippen molar-refractivity contribution in [1.29, 1.82) is 0 Å².